The molecule has 2 aromatic heterocycles. The van der Waals surface area contributed by atoms with Crippen LogP contribution in [0.2, 0.25) is 5.02 Å². The normalized spacial score (nSPS) is 15.0. The van der Waals surface area contributed by atoms with Crippen molar-refractivity contribution in [2.24, 2.45) is 5.92 Å². The number of fused-ring (bicyclic) bond motifs is 1. The van der Waals surface area contributed by atoms with Gasteiger partial charge in [0.05, 0.1) is 10.6 Å². The van der Waals surface area contributed by atoms with Crippen molar-refractivity contribution in [3.8, 4) is 11.3 Å². The lowest BCUT2D eigenvalue weighted by atomic mass is 10.1. The number of alkyl halides is 3. The SMILES string of the molecule is CCc1nc2c(-c3ccc(C(F)(F)F)cc3Cl)ncnc2n1CC=CC1CC1. The summed E-state index contributed by atoms with van der Waals surface area (Å²) in [7, 11) is 0. The molecule has 3 aromatic rings. The van der Waals surface area contributed by atoms with Crippen LogP contribution in [0, 0.1) is 5.92 Å². The van der Waals surface area contributed by atoms with E-state index in [0.29, 0.717) is 41.3 Å². The van der Waals surface area contributed by atoms with Crippen molar-refractivity contribution in [1.29, 1.82) is 0 Å². The number of rotatable bonds is 5. The predicted molar refractivity (Wildman–Crippen MR) is 102 cm³/mol. The second-order valence-electron chi connectivity index (χ2n) is 6.84. The predicted octanol–water partition coefficient (Wildman–Crippen LogP) is 5.69. The Hall–Kier alpha value is -2.41. The van der Waals surface area contributed by atoms with Crippen LogP contribution in [-0.2, 0) is 19.1 Å². The van der Waals surface area contributed by atoms with Crippen LogP contribution < -0.4 is 0 Å². The molecule has 4 nitrogen and oxygen atoms in total. The molecule has 1 aromatic carbocycles. The van der Waals surface area contributed by atoms with Crippen LogP contribution in [0.5, 0.6) is 0 Å². The third-order valence-electron chi connectivity index (χ3n) is 4.80. The molecule has 1 aliphatic carbocycles. The number of benzene rings is 1. The van der Waals surface area contributed by atoms with Crippen LogP contribution in [0.1, 0.15) is 31.2 Å². The lowest BCUT2D eigenvalue weighted by Gasteiger charge is -2.10. The van der Waals surface area contributed by atoms with Gasteiger partial charge in [-0.25, -0.2) is 15.0 Å². The Labute approximate surface area is 165 Å². The van der Waals surface area contributed by atoms with Gasteiger partial charge in [-0.05, 0) is 30.9 Å². The summed E-state index contributed by atoms with van der Waals surface area (Å²) in [5, 5.41) is -0.0175. The number of nitrogens with zero attached hydrogens (tertiary/aromatic N) is 4. The largest absolute Gasteiger partial charge is 0.416 e. The third kappa shape index (κ3) is 3.63. The minimum absolute atomic E-state index is 0.0175. The molecule has 0 bridgehead atoms. The molecule has 1 aliphatic rings. The van der Waals surface area contributed by atoms with Gasteiger partial charge in [-0.2, -0.15) is 13.2 Å². The van der Waals surface area contributed by atoms with Gasteiger partial charge in [-0.3, -0.25) is 0 Å². The second kappa shape index (κ2) is 7.20. The first-order valence-corrected chi connectivity index (χ1v) is 9.50. The minimum Gasteiger partial charge on any atom is -0.309 e. The Kier molecular flexibility index (Phi) is 4.87. The number of imidazole rings is 1. The van der Waals surface area contributed by atoms with Crippen molar-refractivity contribution in [3.05, 3.63) is 53.1 Å². The van der Waals surface area contributed by atoms with Crippen LogP contribution in [-0.4, -0.2) is 19.5 Å². The summed E-state index contributed by atoms with van der Waals surface area (Å²) in [6.07, 6.45) is 4.45. The maximum absolute atomic E-state index is 12.9. The van der Waals surface area contributed by atoms with E-state index in [4.69, 9.17) is 11.6 Å². The molecule has 1 saturated carbocycles. The summed E-state index contributed by atoms with van der Waals surface area (Å²) in [6.45, 7) is 2.65. The molecule has 1 fully saturated rings. The maximum Gasteiger partial charge on any atom is 0.416 e. The van der Waals surface area contributed by atoms with E-state index in [2.05, 4.69) is 27.1 Å². The van der Waals surface area contributed by atoms with E-state index in [-0.39, 0.29) is 5.02 Å². The van der Waals surface area contributed by atoms with Gasteiger partial charge in [0.1, 0.15) is 23.4 Å². The summed E-state index contributed by atoms with van der Waals surface area (Å²) in [6, 6.07) is 3.26. The number of hydrogen-bond acceptors (Lipinski definition) is 3. The molecule has 0 atom stereocenters. The standard InChI is InChI=1S/C20H18ClF3N4/c1-2-16-27-18-17(14-8-7-13(10-15(14)21)20(22,23)24)25-11-26-19(18)28(16)9-3-4-12-5-6-12/h3-4,7-8,10-12H,2,5-6,9H2,1H3. The van der Waals surface area contributed by atoms with Crippen LogP contribution in [0.25, 0.3) is 22.4 Å². The van der Waals surface area contributed by atoms with E-state index in [0.717, 1.165) is 18.0 Å². The maximum atomic E-state index is 12.9. The molecule has 0 radical (unpaired) electrons. The molecule has 0 spiro atoms. The summed E-state index contributed by atoms with van der Waals surface area (Å²) in [5.41, 5.74) is 1.24. The Bertz CT molecular complexity index is 1050. The number of aryl methyl sites for hydroxylation is 1. The smallest absolute Gasteiger partial charge is 0.309 e. The van der Waals surface area contributed by atoms with Crippen LogP contribution in [0.3, 0.4) is 0 Å². The molecule has 146 valence electrons. The lowest BCUT2D eigenvalue weighted by molar-refractivity contribution is -0.137. The molecular weight excluding hydrogens is 389 g/mol. The fourth-order valence-corrected chi connectivity index (χ4v) is 3.44. The van der Waals surface area contributed by atoms with E-state index in [9.17, 15) is 13.2 Å². The quantitative estimate of drug-likeness (QED) is 0.511. The van der Waals surface area contributed by atoms with Crippen molar-refractivity contribution < 1.29 is 13.2 Å². The summed E-state index contributed by atoms with van der Waals surface area (Å²) in [4.78, 5) is 13.3. The van der Waals surface area contributed by atoms with E-state index in [1.165, 1.54) is 25.2 Å². The first kappa shape index (κ1) is 18.9. The highest BCUT2D eigenvalue weighted by molar-refractivity contribution is 6.33. The Morgan fingerprint density at radius 1 is 1.25 bits per heavy atom. The zero-order valence-electron chi connectivity index (χ0n) is 15.2. The number of halogens is 4. The van der Waals surface area contributed by atoms with Gasteiger partial charge in [-0.1, -0.05) is 36.7 Å². The highest BCUT2D eigenvalue weighted by Crippen LogP contribution is 2.37. The molecule has 8 heteroatoms. The number of aromatic nitrogens is 4. The van der Waals surface area contributed by atoms with Crippen LogP contribution >= 0.6 is 11.6 Å². The van der Waals surface area contributed by atoms with Crippen LogP contribution in [0.15, 0.2) is 36.7 Å². The second-order valence-corrected chi connectivity index (χ2v) is 7.25. The highest BCUT2D eigenvalue weighted by atomic mass is 35.5. The van der Waals surface area contributed by atoms with Gasteiger partial charge >= 0.3 is 6.18 Å². The average Bonchev–Trinajstić information content (AvgIpc) is 3.41. The zero-order valence-corrected chi connectivity index (χ0v) is 15.9. The Morgan fingerprint density at radius 3 is 2.68 bits per heavy atom. The summed E-state index contributed by atoms with van der Waals surface area (Å²) < 4.78 is 40.8. The highest BCUT2D eigenvalue weighted by Gasteiger charge is 2.31. The zero-order chi connectivity index (χ0) is 19.9. The van der Waals surface area contributed by atoms with Gasteiger partial charge in [-0.15, -0.1) is 0 Å². The van der Waals surface area contributed by atoms with Gasteiger partial charge in [0.2, 0.25) is 0 Å². The third-order valence-corrected chi connectivity index (χ3v) is 5.11. The topological polar surface area (TPSA) is 43.6 Å². The van der Waals surface area contributed by atoms with Gasteiger partial charge in [0, 0.05) is 18.5 Å². The molecule has 0 aliphatic heterocycles. The molecule has 4 rings (SSSR count). The Balaban J connectivity index is 1.79. The summed E-state index contributed by atoms with van der Waals surface area (Å²) in [5.74, 6) is 1.52. The Morgan fingerprint density at radius 2 is 2.04 bits per heavy atom. The van der Waals surface area contributed by atoms with E-state index >= 15 is 0 Å². The lowest BCUT2D eigenvalue weighted by Crippen LogP contribution is -2.04. The van der Waals surface area contributed by atoms with E-state index < -0.39 is 11.7 Å². The fraction of sp³-hybridized carbons (Fsp3) is 0.350. The van der Waals surface area contributed by atoms with E-state index in [1.54, 1.807) is 0 Å². The first-order valence-electron chi connectivity index (χ1n) is 9.12. The van der Waals surface area contributed by atoms with E-state index in [1.807, 2.05) is 11.5 Å². The van der Waals surface area contributed by atoms with Gasteiger partial charge < -0.3 is 4.57 Å². The molecule has 2 heterocycles. The minimum atomic E-state index is -4.45. The molecule has 28 heavy (non-hydrogen) atoms. The number of allylic oxidation sites excluding steroid dienone is 2. The summed E-state index contributed by atoms with van der Waals surface area (Å²) >= 11 is 6.17. The molecular formula is C20H18ClF3N4. The van der Waals surface area contributed by atoms with Crippen molar-refractivity contribution in [1.82, 2.24) is 19.5 Å². The average molecular weight is 407 g/mol. The van der Waals surface area contributed by atoms with Crippen molar-refractivity contribution in [2.45, 2.75) is 38.9 Å². The van der Waals surface area contributed by atoms with Crippen molar-refractivity contribution in [3.63, 3.8) is 0 Å². The monoisotopic (exact) mass is 406 g/mol. The van der Waals surface area contributed by atoms with Crippen molar-refractivity contribution >= 4 is 22.8 Å². The fourth-order valence-electron chi connectivity index (χ4n) is 3.17. The first-order chi connectivity index (χ1) is 13.4. The van der Waals surface area contributed by atoms with Gasteiger partial charge in [0.15, 0.2) is 5.65 Å². The van der Waals surface area contributed by atoms with Gasteiger partial charge in [0.25, 0.3) is 0 Å². The van der Waals surface area contributed by atoms with Crippen LogP contribution in [0.4, 0.5) is 13.2 Å². The molecule has 0 N–H and O–H groups in total. The molecule has 0 saturated heterocycles. The van der Waals surface area contributed by atoms with Crippen molar-refractivity contribution in [2.75, 3.05) is 0 Å². The molecule has 0 amide bonds. The molecule has 0 unspecified atom stereocenters. The number of hydrogen-bond donors (Lipinski definition) is 0.